The Morgan fingerprint density at radius 3 is 2.57 bits per heavy atom. The zero-order valence-corrected chi connectivity index (χ0v) is 19.6. The number of nitrogens with one attached hydrogen (secondary N) is 1. The zero-order chi connectivity index (χ0) is 24.6. The summed E-state index contributed by atoms with van der Waals surface area (Å²) in [5, 5.41) is 18.2. The topological polar surface area (TPSA) is 130 Å². The molecular formula is C25H25N7O3. The van der Waals surface area contributed by atoms with Crippen molar-refractivity contribution in [3.05, 3.63) is 71.9 Å². The van der Waals surface area contributed by atoms with Crippen LogP contribution in [0, 0.1) is 6.92 Å². The van der Waals surface area contributed by atoms with Gasteiger partial charge in [-0.2, -0.15) is 0 Å². The number of pyridine rings is 2. The van der Waals surface area contributed by atoms with Crippen LogP contribution >= 0.6 is 0 Å². The van der Waals surface area contributed by atoms with Crippen molar-refractivity contribution < 1.29 is 14.4 Å². The van der Waals surface area contributed by atoms with E-state index in [0.29, 0.717) is 35.3 Å². The Morgan fingerprint density at radius 2 is 1.83 bits per heavy atom. The van der Waals surface area contributed by atoms with Crippen LogP contribution in [0.15, 0.2) is 59.4 Å². The molecule has 1 aliphatic rings. The average molecular weight is 472 g/mol. The number of amides is 1. The number of carbonyl (C=O) groups excluding carboxylic acids is 1. The minimum atomic E-state index is -1.70. The third-order valence-electron chi connectivity index (χ3n) is 6.16. The maximum Gasteiger partial charge on any atom is 0.262 e. The standard InChI is InChI=1S/C25H25N7O3/c1-15-6-5-11-26-22(15)16(2)28-24-27-12-9-19(30-24)17-7-4-8-18(29-17)20-14-21(35-31-20)25(34)10-13-32(3)23(25)33/h4-9,11-12,14,16,34H,10,13H2,1-3H3,(H,27,28,30). The molecule has 1 fully saturated rings. The van der Waals surface area contributed by atoms with Crippen molar-refractivity contribution in [2.75, 3.05) is 18.9 Å². The summed E-state index contributed by atoms with van der Waals surface area (Å²) >= 11 is 0. The second-order valence-corrected chi connectivity index (χ2v) is 8.66. The minimum absolute atomic E-state index is 0.0811. The van der Waals surface area contributed by atoms with Crippen molar-refractivity contribution in [3.63, 3.8) is 0 Å². The van der Waals surface area contributed by atoms with E-state index in [0.717, 1.165) is 11.3 Å². The highest BCUT2D eigenvalue weighted by Crippen LogP contribution is 2.34. The number of aryl methyl sites for hydroxylation is 1. The monoisotopic (exact) mass is 471 g/mol. The molecule has 5 heterocycles. The predicted molar refractivity (Wildman–Crippen MR) is 128 cm³/mol. The van der Waals surface area contributed by atoms with Crippen LogP contribution in [0.2, 0.25) is 0 Å². The first-order valence-corrected chi connectivity index (χ1v) is 11.3. The molecule has 10 nitrogen and oxygen atoms in total. The second kappa shape index (κ2) is 8.88. The fourth-order valence-electron chi connectivity index (χ4n) is 4.18. The van der Waals surface area contributed by atoms with Gasteiger partial charge in [0.2, 0.25) is 11.5 Å². The Hall–Kier alpha value is -4.18. The van der Waals surface area contributed by atoms with E-state index in [2.05, 4.69) is 30.4 Å². The smallest absolute Gasteiger partial charge is 0.262 e. The van der Waals surface area contributed by atoms with Gasteiger partial charge in [-0.05, 0) is 43.7 Å². The molecule has 1 saturated heterocycles. The number of anilines is 1. The van der Waals surface area contributed by atoms with Crippen LogP contribution in [0.4, 0.5) is 5.95 Å². The molecule has 0 aliphatic carbocycles. The van der Waals surface area contributed by atoms with Crippen molar-refractivity contribution >= 4 is 11.9 Å². The molecule has 2 N–H and O–H groups in total. The van der Waals surface area contributed by atoms with E-state index in [1.54, 1.807) is 37.6 Å². The zero-order valence-electron chi connectivity index (χ0n) is 19.6. The quantitative estimate of drug-likeness (QED) is 0.435. The molecule has 10 heteroatoms. The highest BCUT2D eigenvalue weighted by atomic mass is 16.5. The minimum Gasteiger partial charge on any atom is -0.373 e. The molecule has 4 aromatic heterocycles. The number of likely N-dealkylation sites (tertiary alicyclic amines) is 1. The number of likely N-dealkylation sites (N-methyl/N-ethyl adjacent to an activating group) is 1. The summed E-state index contributed by atoms with van der Waals surface area (Å²) in [5.41, 5.74) is 2.51. The van der Waals surface area contributed by atoms with Gasteiger partial charge in [0.05, 0.1) is 28.8 Å². The van der Waals surface area contributed by atoms with E-state index in [1.165, 1.54) is 4.90 Å². The number of rotatable bonds is 6. The van der Waals surface area contributed by atoms with Crippen molar-refractivity contribution in [3.8, 4) is 22.8 Å². The summed E-state index contributed by atoms with van der Waals surface area (Å²) in [4.78, 5) is 31.9. The Kier molecular flexibility index (Phi) is 5.73. The lowest BCUT2D eigenvalue weighted by Gasteiger charge is -2.16. The lowest BCUT2D eigenvalue weighted by Crippen LogP contribution is -2.35. The van der Waals surface area contributed by atoms with E-state index in [1.807, 2.05) is 38.1 Å². The van der Waals surface area contributed by atoms with Crippen molar-refractivity contribution in [1.82, 2.24) is 30.0 Å². The van der Waals surface area contributed by atoms with Crippen molar-refractivity contribution in [2.24, 2.45) is 0 Å². The van der Waals surface area contributed by atoms with E-state index in [9.17, 15) is 9.90 Å². The van der Waals surface area contributed by atoms with Crippen LogP contribution in [-0.2, 0) is 10.4 Å². The maximum atomic E-state index is 12.4. The number of aliphatic hydroxyl groups is 1. The molecule has 1 amide bonds. The first-order valence-electron chi connectivity index (χ1n) is 11.3. The molecule has 0 aromatic carbocycles. The number of hydrogen-bond donors (Lipinski definition) is 2. The normalized spacial score (nSPS) is 18.6. The van der Waals surface area contributed by atoms with Gasteiger partial charge in [-0.1, -0.05) is 17.3 Å². The van der Waals surface area contributed by atoms with Gasteiger partial charge >= 0.3 is 0 Å². The van der Waals surface area contributed by atoms with Crippen LogP contribution in [-0.4, -0.2) is 54.6 Å². The highest BCUT2D eigenvalue weighted by Gasteiger charge is 2.48. The van der Waals surface area contributed by atoms with Gasteiger partial charge in [0.15, 0.2) is 5.76 Å². The van der Waals surface area contributed by atoms with Crippen LogP contribution < -0.4 is 5.32 Å². The predicted octanol–water partition coefficient (Wildman–Crippen LogP) is 3.12. The van der Waals surface area contributed by atoms with E-state index >= 15 is 0 Å². The van der Waals surface area contributed by atoms with Gasteiger partial charge in [0, 0.05) is 38.5 Å². The molecule has 0 radical (unpaired) electrons. The number of hydrogen-bond acceptors (Lipinski definition) is 9. The summed E-state index contributed by atoms with van der Waals surface area (Å²) in [6, 6.07) is 12.6. The SMILES string of the molecule is Cc1cccnc1C(C)Nc1nccc(-c2cccc(-c3cc(C4(O)CCN(C)C4=O)on3)n2)n1. The summed E-state index contributed by atoms with van der Waals surface area (Å²) in [5.74, 6) is 0.168. The van der Waals surface area contributed by atoms with Crippen LogP contribution in [0.5, 0.6) is 0 Å². The fourth-order valence-corrected chi connectivity index (χ4v) is 4.18. The second-order valence-electron chi connectivity index (χ2n) is 8.66. The summed E-state index contributed by atoms with van der Waals surface area (Å²) in [6.45, 7) is 4.47. The average Bonchev–Trinajstić information content (AvgIpc) is 3.47. The lowest BCUT2D eigenvalue weighted by molar-refractivity contribution is -0.144. The molecule has 1 aliphatic heterocycles. The molecule has 178 valence electrons. The van der Waals surface area contributed by atoms with Crippen molar-refractivity contribution in [1.29, 1.82) is 0 Å². The molecule has 5 rings (SSSR count). The number of nitrogens with zero attached hydrogens (tertiary/aromatic N) is 6. The first kappa shape index (κ1) is 22.6. The Bertz CT molecular complexity index is 1390. The Morgan fingerprint density at radius 1 is 1.06 bits per heavy atom. The van der Waals surface area contributed by atoms with E-state index in [4.69, 9.17) is 4.52 Å². The third-order valence-corrected chi connectivity index (χ3v) is 6.16. The highest BCUT2D eigenvalue weighted by molar-refractivity contribution is 5.87. The molecule has 2 unspecified atom stereocenters. The largest absolute Gasteiger partial charge is 0.373 e. The number of carbonyl (C=O) groups is 1. The maximum absolute atomic E-state index is 12.4. The first-order chi connectivity index (χ1) is 16.8. The van der Waals surface area contributed by atoms with Gasteiger partial charge in [-0.3, -0.25) is 9.78 Å². The third kappa shape index (κ3) is 4.24. The van der Waals surface area contributed by atoms with Crippen LogP contribution in [0.1, 0.15) is 36.4 Å². The molecule has 4 aromatic rings. The van der Waals surface area contributed by atoms with E-state index in [-0.39, 0.29) is 18.2 Å². The van der Waals surface area contributed by atoms with Gasteiger partial charge < -0.3 is 19.8 Å². The molecular weight excluding hydrogens is 446 g/mol. The Balaban J connectivity index is 1.39. The van der Waals surface area contributed by atoms with Gasteiger partial charge in [-0.25, -0.2) is 15.0 Å². The molecule has 35 heavy (non-hydrogen) atoms. The molecule has 0 spiro atoms. The fraction of sp³-hybridized carbons (Fsp3) is 0.280. The molecule has 0 saturated carbocycles. The van der Waals surface area contributed by atoms with Crippen molar-refractivity contribution in [2.45, 2.75) is 31.9 Å². The molecule has 0 bridgehead atoms. The summed E-state index contributed by atoms with van der Waals surface area (Å²) in [6.07, 6.45) is 3.68. The van der Waals surface area contributed by atoms with Gasteiger partial charge in [0.1, 0.15) is 5.69 Å². The lowest BCUT2D eigenvalue weighted by atomic mass is 9.98. The van der Waals surface area contributed by atoms with E-state index < -0.39 is 11.5 Å². The van der Waals surface area contributed by atoms with Gasteiger partial charge in [-0.15, -0.1) is 0 Å². The summed E-state index contributed by atoms with van der Waals surface area (Å²) in [7, 11) is 1.64. The Labute approximate surface area is 202 Å². The number of aromatic nitrogens is 5. The van der Waals surface area contributed by atoms with Crippen LogP contribution in [0.25, 0.3) is 22.8 Å². The summed E-state index contributed by atoms with van der Waals surface area (Å²) < 4.78 is 5.36. The van der Waals surface area contributed by atoms with Crippen LogP contribution in [0.3, 0.4) is 0 Å². The van der Waals surface area contributed by atoms with Gasteiger partial charge in [0.25, 0.3) is 5.91 Å². The molecule has 2 atom stereocenters.